The standard InChI is InChI=1S/C20H27N3O3/c1-3-23-19(25)21-18(24)20(23)7-9-22(10-8-20)13-16-11-14-5-4-6-15(14)12-17(16)26-2/h11-12H,3-10,13H2,1-2H3,(H,21,24,25). The van der Waals surface area contributed by atoms with Crippen molar-refractivity contribution in [1.29, 1.82) is 0 Å². The van der Waals surface area contributed by atoms with Gasteiger partial charge >= 0.3 is 6.03 Å². The molecular weight excluding hydrogens is 330 g/mol. The molecule has 2 fully saturated rings. The molecule has 140 valence electrons. The normalized spacial score (nSPS) is 22.0. The summed E-state index contributed by atoms with van der Waals surface area (Å²) in [5.74, 6) is 0.842. The van der Waals surface area contributed by atoms with Crippen LogP contribution in [0, 0.1) is 0 Å². The summed E-state index contributed by atoms with van der Waals surface area (Å²) in [5.41, 5.74) is 3.45. The number of likely N-dealkylation sites (tertiary alicyclic amines) is 1. The van der Waals surface area contributed by atoms with E-state index in [9.17, 15) is 9.59 Å². The fraction of sp³-hybridized carbons (Fsp3) is 0.600. The van der Waals surface area contributed by atoms with Crippen LogP contribution in [0.4, 0.5) is 4.79 Å². The number of hydrogen-bond donors (Lipinski definition) is 1. The topological polar surface area (TPSA) is 61.9 Å². The van der Waals surface area contributed by atoms with Crippen molar-refractivity contribution in [2.75, 3.05) is 26.7 Å². The summed E-state index contributed by atoms with van der Waals surface area (Å²) in [6.45, 7) is 4.93. The molecule has 0 unspecified atom stereocenters. The first-order valence-electron chi connectivity index (χ1n) is 9.61. The van der Waals surface area contributed by atoms with E-state index in [0.717, 1.165) is 38.2 Å². The number of fused-ring (bicyclic) bond motifs is 1. The molecule has 1 aromatic rings. The fourth-order valence-electron chi connectivity index (χ4n) is 4.83. The van der Waals surface area contributed by atoms with E-state index < -0.39 is 5.54 Å². The molecule has 4 rings (SSSR count). The fourth-order valence-corrected chi connectivity index (χ4v) is 4.83. The lowest BCUT2D eigenvalue weighted by molar-refractivity contribution is -0.129. The van der Waals surface area contributed by atoms with Gasteiger partial charge in [-0.3, -0.25) is 15.0 Å². The average Bonchev–Trinajstić information content (AvgIpc) is 3.18. The minimum atomic E-state index is -0.648. The number of rotatable bonds is 4. The Hall–Kier alpha value is -2.08. The van der Waals surface area contributed by atoms with E-state index in [2.05, 4.69) is 22.3 Å². The maximum absolute atomic E-state index is 12.4. The molecule has 2 saturated heterocycles. The Balaban J connectivity index is 1.48. The highest BCUT2D eigenvalue weighted by Crippen LogP contribution is 2.35. The second-order valence-electron chi connectivity index (χ2n) is 7.60. The van der Waals surface area contributed by atoms with Crippen molar-refractivity contribution in [3.8, 4) is 5.75 Å². The maximum Gasteiger partial charge on any atom is 0.325 e. The van der Waals surface area contributed by atoms with Crippen LogP contribution in [-0.2, 0) is 24.2 Å². The van der Waals surface area contributed by atoms with Crippen molar-refractivity contribution in [2.45, 2.75) is 51.1 Å². The van der Waals surface area contributed by atoms with Crippen molar-refractivity contribution in [2.24, 2.45) is 0 Å². The molecule has 3 aliphatic rings. The summed E-state index contributed by atoms with van der Waals surface area (Å²) >= 11 is 0. The van der Waals surface area contributed by atoms with Crippen molar-refractivity contribution < 1.29 is 14.3 Å². The lowest BCUT2D eigenvalue weighted by Gasteiger charge is -2.42. The van der Waals surface area contributed by atoms with E-state index in [1.54, 1.807) is 12.0 Å². The molecule has 1 aromatic carbocycles. The van der Waals surface area contributed by atoms with Gasteiger partial charge in [-0.15, -0.1) is 0 Å². The number of methoxy groups -OCH3 is 1. The van der Waals surface area contributed by atoms with Crippen molar-refractivity contribution in [3.63, 3.8) is 0 Å². The Labute approximate surface area is 154 Å². The molecular formula is C20H27N3O3. The second-order valence-corrected chi connectivity index (χ2v) is 7.60. The number of hydrogen-bond acceptors (Lipinski definition) is 4. The number of urea groups is 1. The number of likely N-dealkylation sites (N-methyl/N-ethyl adjacent to an activating group) is 1. The van der Waals surface area contributed by atoms with Gasteiger partial charge in [-0.05, 0) is 56.2 Å². The Kier molecular flexibility index (Phi) is 4.39. The van der Waals surface area contributed by atoms with Crippen molar-refractivity contribution in [1.82, 2.24) is 15.1 Å². The third kappa shape index (κ3) is 2.67. The smallest absolute Gasteiger partial charge is 0.325 e. The largest absolute Gasteiger partial charge is 0.496 e. The van der Waals surface area contributed by atoms with Crippen LogP contribution in [0.5, 0.6) is 5.75 Å². The molecule has 0 atom stereocenters. The van der Waals surface area contributed by atoms with Gasteiger partial charge in [0.2, 0.25) is 0 Å². The first-order valence-corrected chi connectivity index (χ1v) is 9.61. The zero-order valence-corrected chi connectivity index (χ0v) is 15.6. The van der Waals surface area contributed by atoms with Crippen LogP contribution < -0.4 is 10.1 Å². The lowest BCUT2D eigenvalue weighted by Crippen LogP contribution is -2.56. The molecule has 6 nitrogen and oxygen atoms in total. The second kappa shape index (κ2) is 6.58. The van der Waals surface area contributed by atoms with Crippen molar-refractivity contribution >= 4 is 11.9 Å². The quantitative estimate of drug-likeness (QED) is 0.838. The van der Waals surface area contributed by atoms with Crippen LogP contribution in [0.15, 0.2) is 12.1 Å². The number of amides is 3. The molecule has 0 saturated carbocycles. The lowest BCUT2D eigenvalue weighted by atomic mass is 9.86. The molecule has 2 aliphatic heterocycles. The van der Waals surface area contributed by atoms with Gasteiger partial charge in [0.05, 0.1) is 7.11 Å². The summed E-state index contributed by atoms with van der Waals surface area (Å²) < 4.78 is 5.63. The minimum absolute atomic E-state index is 0.126. The first-order chi connectivity index (χ1) is 12.6. The number of imide groups is 1. The number of nitrogens with one attached hydrogen (secondary N) is 1. The van der Waals surface area contributed by atoms with Crippen LogP contribution in [0.2, 0.25) is 0 Å². The predicted molar refractivity (Wildman–Crippen MR) is 98.2 cm³/mol. The van der Waals surface area contributed by atoms with Gasteiger partial charge in [0.15, 0.2) is 0 Å². The molecule has 6 heteroatoms. The van der Waals surface area contributed by atoms with Crippen LogP contribution in [-0.4, -0.2) is 54.0 Å². The summed E-state index contributed by atoms with van der Waals surface area (Å²) in [6.07, 6.45) is 4.90. The van der Waals surface area contributed by atoms with Crippen LogP contribution in [0.3, 0.4) is 0 Å². The van der Waals surface area contributed by atoms with Crippen LogP contribution >= 0.6 is 0 Å². The first kappa shape index (κ1) is 17.3. The van der Waals surface area contributed by atoms with Gasteiger partial charge in [-0.2, -0.15) is 0 Å². The Morgan fingerprint density at radius 1 is 1.15 bits per heavy atom. The maximum atomic E-state index is 12.4. The van der Waals surface area contributed by atoms with E-state index >= 15 is 0 Å². The molecule has 1 spiro atoms. The van der Waals surface area contributed by atoms with Crippen LogP contribution in [0.1, 0.15) is 42.9 Å². The zero-order chi connectivity index (χ0) is 18.3. The molecule has 0 aromatic heterocycles. The highest BCUT2D eigenvalue weighted by atomic mass is 16.5. The van der Waals surface area contributed by atoms with E-state index in [4.69, 9.17) is 4.74 Å². The molecule has 26 heavy (non-hydrogen) atoms. The highest BCUT2D eigenvalue weighted by molar-refractivity contribution is 6.07. The number of aryl methyl sites for hydroxylation is 2. The number of carbonyl (C=O) groups is 2. The third-order valence-electron chi connectivity index (χ3n) is 6.29. The number of nitrogens with zero attached hydrogens (tertiary/aromatic N) is 2. The van der Waals surface area contributed by atoms with Gasteiger partial charge in [-0.25, -0.2) is 4.79 Å². The molecule has 1 aliphatic carbocycles. The van der Waals surface area contributed by atoms with Crippen LogP contribution in [0.25, 0.3) is 0 Å². The van der Waals surface area contributed by atoms with E-state index in [1.165, 1.54) is 23.1 Å². The Morgan fingerprint density at radius 2 is 1.85 bits per heavy atom. The SMILES string of the molecule is CCN1C(=O)NC(=O)C12CCN(Cc1cc3c(cc1OC)CCC3)CC2. The zero-order valence-electron chi connectivity index (χ0n) is 15.6. The molecule has 3 amide bonds. The number of ether oxygens (including phenoxy) is 1. The number of carbonyl (C=O) groups excluding carboxylic acids is 2. The predicted octanol–water partition coefficient (Wildman–Crippen LogP) is 2.09. The monoisotopic (exact) mass is 357 g/mol. The molecule has 0 bridgehead atoms. The molecule has 2 heterocycles. The summed E-state index contributed by atoms with van der Waals surface area (Å²) in [4.78, 5) is 28.5. The summed E-state index contributed by atoms with van der Waals surface area (Å²) in [6, 6.07) is 4.26. The van der Waals surface area contributed by atoms with E-state index in [0.29, 0.717) is 19.4 Å². The average molecular weight is 357 g/mol. The Morgan fingerprint density at radius 3 is 2.50 bits per heavy atom. The van der Waals surface area contributed by atoms with Crippen molar-refractivity contribution in [3.05, 3.63) is 28.8 Å². The van der Waals surface area contributed by atoms with Gasteiger partial charge in [-0.1, -0.05) is 6.07 Å². The summed E-state index contributed by atoms with van der Waals surface area (Å²) in [5, 5.41) is 2.50. The van der Waals surface area contributed by atoms with Gasteiger partial charge in [0.1, 0.15) is 11.3 Å². The van der Waals surface area contributed by atoms with Gasteiger partial charge in [0.25, 0.3) is 5.91 Å². The third-order valence-corrected chi connectivity index (χ3v) is 6.29. The van der Waals surface area contributed by atoms with Gasteiger partial charge in [0, 0.05) is 31.7 Å². The summed E-state index contributed by atoms with van der Waals surface area (Å²) in [7, 11) is 1.74. The molecule has 1 N–H and O–H groups in total. The molecule has 0 radical (unpaired) electrons. The minimum Gasteiger partial charge on any atom is -0.496 e. The number of benzene rings is 1. The number of piperidine rings is 1. The Bertz CT molecular complexity index is 738. The van der Waals surface area contributed by atoms with Gasteiger partial charge < -0.3 is 9.64 Å². The van der Waals surface area contributed by atoms with E-state index in [1.807, 2.05) is 6.92 Å². The highest BCUT2D eigenvalue weighted by Gasteiger charge is 2.53. The van der Waals surface area contributed by atoms with E-state index in [-0.39, 0.29) is 11.9 Å².